The summed E-state index contributed by atoms with van der Waals surface area (Å²) >= 11 is 1.76. The highest BCUT2D eigenvalue weighted by atomic mass is 32.2. The highest BCUT2D eigenvalue weighted by Gasteiger charge is 2.25. The predicted molar refractivity (Wildman–Crippen MR) is 113 cm³/mol. The molecular formula is C21H33F2N3S. The lowest BCUT2D eigenvalue weighted by molar-refractivity contribution is 0.166. The highest BCUT2D eigenvalue weighted by molar-refractivity contribution is 7.96. The summed E-state index contributed by atoms with van der Waals surface area (Å²) < 4.78 is 29.9. The lowest BCUT2D eigenvalue weighted by Gasteiger charge is -2.28. The van der Waals surface area contributed by atoms with Gasteiger partial charge in [0.25, 0.3) is 6.43 Å². The number of aliphatic imine (C=N–C) groups is 1. The SMILES string of the molecule is C=CNC(=N/C1CCN(SC)CC1)/C(=C\C)/C=C(/C(F)F)C1CCCCC1. The van der Waals surface area contributed by atoms with Crippen molar-refractivity contribution in [2.24, 2.45) is 10.9 Å². The molecule has 0 aromatic rings. The van der Waals surface area contributed by atoms with Crippen molar-refractivity contribution in [3.05, 3.63) is 36.1 Å². The Hall–Kier alpha value is -1.14. The van der Waals surface area contributed by atoms with Crippen molar-refractivity contribution in [2.75, 3.05) is 19.3 Å². The number of nitrogens with one attached hydrogen (secondary N) is 1. The zero-order chi connectivity index (χ0) is 19.6. The molecule has 3 nitrogen and oxygen atoms in total. The van der Waals surface area contributed by atoms with E-state index in [9.17, 15) is 8.78 Å². The van der Waals surface area contributed by atoms with Crippen LogP contribution in [0.15, 0.2) is 41.1 Å². The van der Waals surface area contributed by atoms with Crippen LogP contribution in [0.3, 0.4) is 0 Å². The van der Waals surface area contributed by atoms with E-state index < -0.39 is 6.43 Å². The van der Waals surface area contributed by atoms with Crippen LogP contribution in [0.4, 0.5) is 8.78 Å². The highest BCUT2D eigenvalue weighted by Crippen LogP contribution is 2.33. The van der Waals surface area contributed by atoms with E-state index in [-0.39, 0.29) is 17.5 Å². The Morgan fingerprint density at radius 2 is 1.85 bits per heavy atom. The molecule has 0 radical (unpaired) electrons. The van der Waals surface area contributed by atoms with E-state index in [2.05, 4.69) is 22.5 Å². The van der Waals surface area contributed by atoms with Crippen molar-refractivity contribution in [3.8, 4) is 0 Å². The van der Waals surface area contributed by atoms with Gasteiger partial charge >= 0.3 is 0 Å². The van der Waals surface area contributed by atoms with E-state index in [1.807, 2.05) is 13.0 Å². The van der Waals surface area contributed by atoms with Gasteiger partial charge in [-0.25, -0.2) is 8.78 Å². The first kappa shape index (κ1) is 22.2. The molecule has 0 spiro atoms. The van der Waals surface area contributed by atoms with E-state index in [1.54, 1.807) is 24.2 Å². The maximum Gasteiger partial charge on any atom is 0.260 e. The molecule has 6 heteroatoms. The molecule has 2 fully saturated rings. The number of hydrogen-bond donors (Lipinski definition) is 1. The topological polar surface area (TPSA) is 27.6 Å². The number of nitrogens with zero attached hydrogens (tertiary/aromatic N) is 2. The molecule has 1 N–H and O–H groups in total. The second-order valence-electron chi connectivity index (χ2n) is 7.19. The fourth-order valence-corrected chi connectivity index (χ4v) is 4.47. The summed E-state index contributed by atoms with van der Waals surface area (Å²) in [5.74, 6) is 0.646. The molecule has 0 atom stereocenters. The minimum Gasteiger partial charge on any atom is -0.347 e. The zero-order valence-electron chi connectivity index (χ0n) is 16.6. The Kier molecular flexibility index (Phi) is 9.56. The van der Waals surface area contributed by atoms with Gasteiger partial charge in [-0.2, -0.15) is 0 Å². The molecule has 0 bridgehead atoms. The number of halogens is 2. The molecule has 0 aromatic carbocycles. The maximum atomic E-state index is 13.8. The number of amidine groups is 1. The van der Waals surface area contributed by atoms with Crippen molar-refractivity contribution >= 4 is 17.8 Å². The molecule has 1 saturated carbocycles. The van der Waals surface area contributed by atoms with Gasteiger partial charge in [0.15, 0.2) is 0 Å². The molecule has 1 aliphatic carbocycles. The maximum absolute atomic E-state index is 13.8. The van der Waals surface area contributed by atoms with Crippen molar-refractivity contribution in [2.45, 2.75) is 64.3 Å². The summed E-state index contributed by atoms with van der Waals surface area (Å²) in [5, 5.41) is 3.09. The Balaban J connectivity index is 2.21. The standard InChI is InChI=1S/C21H33F2N3S/c1-4-16(15-19(20(22)23)17-9-7-6-8-10-17)21(24-5-2)25-18-11-13-26(27-3)14-12-18/h4-5,15,17-18,20H,2,6-14H2,1,3H3,(H,24,25)/b16-4-,19-15+. The monoisotopic (exact) mass is 397 g/mol. The number of hydrogen-bond acceptors (Lipinski definition) is 3. The van der Waals surface area contributed by atoms with Crippen molar-refractivity contribution in [1.82, 2.24) is 9.62 Å². The van der Waals surface area contributed by atoms with Crippen LogP contribution in [0.2, 0.25) is 0 Å². The first-order valence-corrected chi connectivity index (χ1v) is 11.2. The minimum atomic E-state index is -2.42. The Bertz CT molecular complexity index is 558. The molecule has 2 aliphatic rings. The quantitative estimate of drug-likeness (QED) is 0.263. The minimum absolute atomic E-state index is 0.0106. The molecule has 27 heavy (non-hydrogen) atoms. The molecule has 1 aliphatic heterocycles. The molecular weight excluding hydrogens is 364 g/mol. The van der Waals surface area contributed by atoms with E-state index in [0.717, 1.165) is 63.6 Å². The fraction of sp³-hybridized carbons (Fsp3) is 0.667. The molecule has 0 unspecified atom stereocenters. The van der Waals surface area contributed by atoms with Gasteiger partial charge in [-0.3, -0.25) is 9.30 Å². The van der Waals surface area contributed by atoms with Crippen molar-refractivity contribution in [3.63, 3.8) is 0 Å². The smallest absolute Gasteiger partial charge is 0.260 e. The third kappa shape index (κ3) is 6.75. The second kappa shape index (κ2) is 11.6. The summed E-state index contributed by atoms with van der Waals surface area (Å²) in [7, 11) is 0. The van der Waals surface area contributed by atoms with Gasteiger partial charge in [0.1, 0.15) is 5.84 Å². The Labute approximate surface area is 167 Å². The normalized spacial score (nSPS) is 22.3. The third-order valence-electron chi connectivity index (χ3n) is 5.47. The van der Waals surface area contributed by atoms with E-state index in [0.29, 0.717) is 5.84 Å². The van der Waals surface area contributed by atoms with Crippen molar-refractivity contribution in [1.29, 1.82) is 0 Å². The predicted octanol–water partition coefficient (Wildman–Crippen LogP) is 5.58. The van der Waals surface area contributed by atoms with Crippen LogP contribution in [0.25, 0.3) is 0 Å². The number of alkyl halides is 2. The first-order chi connectivity index (χ1) is 13.1. The number of rotatable bonds is 7. The molecule has 0 amide bonds. The van der Waals surface area contributed by atoms with E-state index >= 15 is 0 Å². The molecule has 2 rings (SSSR count). The number of allylic oxidation sites excluding steroid dienone is 2. The van der Waals surface area contributed by atoms with E-state index in [1.165, 1.54) is 0 Å². The van der Waals surface area contributed by atoms with Gasteiger partial charge in [0.2, 0.25) is 0 Å². The van der Waals surface area contributed by atoms with Crippen LogP contribution < -0.4 is 5.32 Å². The Morgan fingerprint density at radius 3 is 2.37 bits per heavy atom. The number of piperidine rings is 1. The summed E-state index contributed by atoms with van der Waals surface area (Å²) in [6.45, 7) is 7.63. The summed E-state index contributed by atoms with van der Waals surface area (Å²) in [6, 6.07) is 0.212. The second-order valence-corrected chi connectivity index (χ2v) is 8.07. The zero-order valence-corrected chi connectivity index (χ0v) is 17.4. The summed E-state index contributed by atoms with van der Waals surface area (Å²) in [4.78, 5) is 4.86. The van der Waals surface area contributed by atoms with Crippen LogP contribution in [-0.2, 0) is 0 Å². The van der Waals surface area contributed by atoms with Crippen molar-refractivity contribution < 1.29 is 8.78 Å². The lowest BCUT2D eigenvalue weighted by atomic mass is 9.83. The average Bonchev–Trinajstić information content (AvgIpc) is 2.69. The van der Waals surface area contributed by atoms with Gasteiger partial charge in [0.05, 0.1) is 6.04 Å². The third-order valence-corrected chi connectivity index (χ3v) is 6.35. The largest absolute Gasteiger partial charge is 0.347 e. The molecule has 0 aromatic heterocycles. The van der Waals surface area contributed by atoms with Gasteiger partial charge in [-0.1, -0.05) is 43.9 Å². The van der Waals surface area contributed by atoms with E-state index in [4.69, 9.17) is 4.99 Å². The molecule has 1 saturated heterocycles. The molecule has 1 heterocycles. The van der Waals surface area contributed by atoms with Gasteiger partial charge in [-0.05, 0) is 62.6 Å². The van der Waals surface area contributed by atoms with Crippen LogP contribution in [0.1, 0.15) is 51.9 Å². The lowest BCUT2D eigenvalue weighted by Crippen LogP contribution is -2.32. The average molecular weight is 398 g/mol. The first-order valence-electron chi connectivity index (χ1n) is 9.99. The molecule has 152 valence electrons. The van der Waals surface area contributed by atoms with Gasteiger partial charge < -0.3 is 5.32 Å². The van der Waals surface area contributed by atoms with Crippen LogP contribution in [0, 0.1) is 5.92 Å². The van der Waals surface area contributed by atoms with Crippen LogP contribution in [0.5, 0.6) is 0 Å². The summed E-state index contributed by atoms with van der Waals surface area (Å²) in [5.41, 5.74) is 1.00. The summed E-state index contributed by atoms with van der Waals surface area (Å²) in [6.07, 6.45) is 11.7. The fourth-order valence-electron chi connectivity index (χ4n) is 3.89. The van der Waals surface area contributed by atoms with Gasteiger partial charge in [0, 0.05) is 18.7 Å². The van der Waals surface area contributed by atoms with Crippen LogP contribution >= 0.6 is 11.9 Å². The van der Waals surface area contributed by atoms with Gasteiger partial charge in [-0.15, -0.1) is 0 Å². The Morgan fingerprint density at radius 1 is 1.19 bits per heavy atom. The van der Waals surface area contributed by atoms with Crippen LogP contribution in [-0.4, -0.2) is 42.0 Å².